The predicted molar refractivity (Wildman–Crippen MR) is 61.6 cm³/mol. The van der Waals surface area contributed by atoms with Crippen LogP contribution >= 0.6 is 0 Å². The molecule has 1 aromatic heterocycles. The summed E-state index contributed by atoms with van der Waals surface area (Å²) in [5.74, 6) is 0.503. The molecule has 2 aromatic rings. The largest absolute Gasteiger partial charge is 0.598 e. The van der Waals surface area contributed by atoms with Gasteiger partial charge in [-0.05, 0) is 17.7 Å². The number of fused-ring (bicyclic) bond motifs is 1. The molecule has 0 amide bonds. The number of aromatic nitrogens is 2. The molecule has 1 unspecified atom stereocenters. The highest BCUT2D eigenvalue weighted by Crippen LogP contribution is 2.14. The number of nitrogens with zero attached hydrogens (tertiary/aromatic N) is 2. The minimum absolute atomic E-state index is 0.503. The van der Waals surface area contributed by atoms with Crippen molar-refractivity contribution >= 4 is 22.4 Å². The molecule has 80 valence electrons. The zero-order valence-electron chi connectivity index (χ0n) is 8.51. The van der Waals surface area contributed by atoms with Crippen LogP contribution in [0.2, 0.25) is 0 Å². The quantitative estimate of drug-likeness (QED) is 0.780. The Hall–Kier alpha value is -1.04. The highest BCUT2D eigenvalue weighted by Gasteiger charge is 2.04. The zero-order valence-corrected chi connectivity index (χ0v) is 9.33. The predicted octanol–water partition coefficient (Wildman–Crippen LogP) is 0.738. The van der Waals surface area contributed by atoms with Gasteiger partial charge >= 0.3 is 0 Å². The maximum Gasteiger partial charge on any atom is 0.129 e. The van der Waals surface area contributed by atoms with E-state index in [4.69, 9.17) is 5.14 Å². The summed E-state index contributed by atoms with van der Waals surface area (Å²) in [5, 5.41) is 5.22. The number of hydrogen-bond donors (Lipinski definition) is 1. The molecule has 0 bridgehead atoms. The van der Waals surface area contributed by atoms with Gasteiger partial charge in [0.05, 0.1) is 17.4 Å². The molecule has 0 saturated heterocycles. The van der Waals surface area contributed by atoms with Crippen LogP contribution in [0.5, 0.6) is 0 Å². The number of nitrogens with two attached hydrogens (primary N) is 1. The van der Waals surface area contributed by atoms with E-state index in [2.05, 4.69) is 11.1 Å². The van der Waals surface area contributed by atoms with Gasteiger partial charge in [-0.3, -0.25) is 0 Å². The zero-order chi connectivity index (χ0) is 10.8. The van der Waals surface area contributed by atoms with Crippen LogP contribution in [0.25, 0.3) is 11.0 Å². The van der Waals surface area contributed by atoms with E-state index < -0.39 is 11.4 Å². The van der Waals surface area contributed by atoms with Gasteiger partial charge in [0.15, 0.2) is 0 Å². The molecule has 2 N–H and O–H groups in total. The second-order valence-electron chi connectivity index (χ2n) is 3.51. The van der Waals surface area contributed by atoms with Crippen molar-refractivity contribution in [3.05, 3.63) is 30.1 Å². The van der Waals surface area contributed by atoms with Gasteiger partial charge < -0.3 is 9.12 Å². The lowest BCUT2D eigenvalue weighted by Gasteiger charge is -2.04. The normalized spacial score (nSPS) is 13.3. The van der Waals surface area contributed by atoms with Crippen molar-refractivity contribution in [3.8, 4) is 0 Å². The van der Waals surface area contributed by atoms with Crippen LogP contribution in [0.4, 0.5) is 0 Å². The fourth-order valence-electron chi connectivity index (χ4n) is 1.55. The number of benzene rings is 1. The van der Waals surface area contributed by atoms with Crippen molar-refractivity contribution in [2.45, 2.75) is 6.42 Å². The standard InChI is InChI=1S/C10H13N3OS/c1-13-7-12-9-3-2-8(6-10(9)13)4-5-15(11)14/h2-3,6-7H,4-5,11H2,1H3. The first-order valence-electron chi connectivity index (χ1n) is 4.69. The number of rotatable bonds is 3. The highest BCUT2D eigenvalue weighted by atomic mass is 32.2. The summed E-state index contributed by atoms with van der Waals surface area (Å²) in [4.78, 5) is 4.23. The van der Waals surface area contributed by atoms with Crippen LogP contribution < -0.4 is 5.14 Å². The summed E-state index contributed by atoms with van der Waals surface area (Å²) < 4.78 is 12.7. The van der Waals surface area contributed by atoms with Gasteiger partial charge in [-0.25, -0.2) is 4.98 Å². The summed E-state index contributed by atoms with van der Waals surface area (Å²) in [6, 6.07) is 6.04. The van der Waals surface area contributed by atoms with Gasteiger partial charge in [0.2, 0.25) is 0 Å². The molecular weight excluding hydrogens is 210 g/mol. The number of aryl methyl sites for hydroxylation is 2. The molecule has 1 heterocycles. The number of hydrogen-bond acceptors (Lipinski definition) is 3. The third kappa shape index (κ3) is 2.31. The van der Waals surface area contributed by atoms with Gasteiger partial charge in [-0.15, -0.1) is 0 Å². The van der Waals surface area contributed by atoms with E-state index in [0.717, 1.165) is 23.0 Å². The van der Waals surface area contributed by atoms with E-state index in [1.807, 2.05) is 23.7 Å². The third-order valence-corrected chi connectivity index (χ3v) is 2.99. The molecule has 2 rings (SSSR count). The van der Waals surface area contributed by atoms with Crippen molar-refractivity contribution in [3.63, 3.8) is 0 Å². The molecule has 0 aliphatic rings. The molecule has 0 spiro atoms. The van der Waals surface area contributed by atoms with Crippen molar-refractivity contribution < 1.29 is 4.55 Å². The fraction of sp³-hybridized carbons (Fsp3) is 0.300. The maximum absolute atomic E-state index is 10.8. The van der Waals surface area contributed by atoms with Crippen LogP contribution in [0.1, 0.15) is 5.56 Å². The van der Waals surface area contributed by atoms with Crippen LogP contribution in [-0.4, -0.2) is 19.9 Å². The van der Waals surface area contributed by atoms with E-state index in [-0.39, 0.29) is 0 Å². The summed E-state index contributed by atoms with van der Waals surface area (Å²) >= 11 is -1.22. The lowest BCUT2D eigenvalue weighted by atomic mass is 10.1. The van der Waals surface area contributed by atoms with Crippen molar-refractivity contribution in [1.82, 2.24) is 9.55 Å². The van der Waals surface area contributed by atoms with E-state index in [1.165, 1.54) is 0 Å². The number of imidazole rings is 1. The molecule has 0 aliphatic heterocycles. The first-order valence-corrected chi connectivity index (χ1v) is 6.08. The molecule has 0 aliphatic carbocycles. The smallest absolute Gasteiger partial charge is 0.129 e. The average molecular weight is 223 g/mol. The van der Waals surface area contributed by atoms with Crippen LogP contribution in [0, 0.1) is 0 Å². The van der Waals surface area contributed by atoms with E-state index >= 15 is 0 Å². The highest BCUT2D eigenvalue weighted by molar-refractivity contribution is 7.89. The summed E-state index contributed by atoms with van der Waals surface area (Å²) in [5.41, 5.74) is 3.22. The Morgan fingerprint density at radius 2 is 2.33 bits per heavy atom. The average Bonchev–Trinajstić information content (AvgIpc) is 2.57. The van der Waals surface area contributed by atoms with Gasteiger partial charge in [0.1, 0.15) is 5.75 Å². The molecular formula is C10H13N3OS. The van der Waals surface area contributed by atoms with Crippen molar-refractivity contribution in [2.24, 2.45) is 12.2 Å². The summed E-state index contributed by atoms with van der Waals surface area (Å²) in [6.45, 7) is 0. The Labute approximate surface area is 91.4 Å². The molecule has 1 aromatic carbocycles. The Morgan fingerprint density at radius 1 is 1.53 bits per heavy atom. The lowest BCUT2D eigenvalue weighted by Crippen LogP contribution is -2.17. The van der Waals surface area contributed by atoms with E-state index in [9.17, 15) is 4.55 Å². The first kappa shape index (κ1) is 10.5. The van der Waals surface area contributed by atoms with Crippen molar-refractivity contribution in [1.29, 1.82) is 0 Å². The third-order valence-electron chi connectivity index (χ3n) is 2.38. The second kappa shape index (κ2) is 4.22. The topological polar surface area (TPSA) is 66.9 Å². The fourth-order valence-corrected chi connectivity index (χ4v) is 1.98. The SMILES string of the molecule is Cn1cnc2ccc(CC[S+](N)[O-])cc21. The van der Waals surface area contributed by atoms with Gasteiger partial charge in [-0.1, -0.05) is 6.07 Å². The van der Waals surface area contributed by atoms with Crippen molar-refractivity contribution in [2.75, 3.05) is 5.75 Å². The van der Waals surface area contributed by atoms with Gasteiger partial charge in [-0.2, -0.15) is 5.14 Å². The van der Waals surface area contributed by atoms with Crippen LogP contribution in [0.3, 0.4) is 0 Å². The Morgan fingerprint density at radius 3 is 3.07 bits per heavy atom. The van der Waals surface area contributed by atoms with Gasteiger partial charge in [0, 0.05) is 24.8 Å². The Bertz CT molecular complexity index is 467. The molecule has 1 atom stereocenters. The minimum Gasteiger partial charge on any atom is -0.598 e. The monoisotopic (exact) mass is 223 g/mol. The molecule has 4 nitrogen and oxygen atoms in total. The molecule has 15 heavy (non-hydrogen) atoms. The Balaban J connectivity index is 2.25. The lowest BCUT2D eigenvalue weighted by molar-refractivity contribution is 0.596. The maximum atomic E-state index is 10.8. The minimum atomic E-state index is -1.22. The second-order valence-corrected chi connectivity index (χ2v) is 4.68. The molecule has 0 saturated carbocycles. The van der Waals surface area contributed by atoms with E-state index in [0.29, 0.717) is 5.75 Å². The summed E-state index contributed by atoms with van der Waals surface area (Å²) in [7, 11) is 1.96. The van der Waals surface area contributed by atoms with Crippen LogP contribution in [0.15, 0.2) is 24.5 Å². The van der Waals surface area contributed by atoms with E-state index in [1.54, 1.807) is 6.33 Å². The molecule has 5 heteroatoms. The molecule has 0 radical (unpaired) electrons. The molecule has 0 fully saturated rings. The summed E-state index contributed by atoms with van der Waals surface area (Å²) in [6.07, 6.45) is 2.53. The van der Waals surface area contributed by atoms with Gasteiger partial charge in [0.25, 0.3) is 0 Å². The van der Waals surface area contributed by atoms with Crippen LogP contribution in [-0.2, 0) is 24.8 Å². The first-order chi connectivity index (χ1) is 7.16. The Kier molecular flexibility index (Phi) is 2.95.